The molecule has 2 aliphatic heterocycles. The normalized spacial score (nSPS) is 19.8. The molecule has 0 amide bonds. The molecular formula is C43H46ClN3O5Si. The first kappa shape index (κ1) is 35.9. The third-order valence-electron chi connectivity index (χ3n) is 11.8. The Kier molecular flexibility index (Phi) is 8.82. The van der Waals surface area contributed by atoms with Crippen LogP contribution in [0, 0.1) is 6.92 Å². The fourth-order valence-electron chi connectivity index (χ4n) is 9.10. The number of nitrogens with one attached hydrogen (secondary N) is 1. The van der Waals surface area contributed by atoms with Crippen molar-refractivity contribution in [3.63, 3.8) is 0 Å². The van der Waals surface area contributed by atoms with Crippen LogP contribution in [-0.2, 0) is 39.1 Å². The first-order valence-corrected chi connectivity index (χ1v) is 20.9. The van der Waals surface area contributed by atoms with Crippen molar-refractivity contribution in [3.05, 3.63) is 122 Å². The Morgan fingerprint density at radius 2 is 1.72 bits per heavy atom. The summed E-state index contributed by atoms with van der Waals surface area (Å²) in [5.74, 6) is -0.734. The number of pyridine rings is 2. The van der Waals surface area contributed by atoms with E-state index in [4.69, 9.17) is 25.7 Å². The second-order valence-corrected chi connectivity index (χ2v) is 20.6. The van der Waals surface area contributed by atoms with Crippen LogP contribution in [0.4, 0.5) is 0 Å². The van der Waals surface area contributed by atoms with Crippen molar-refractivity contribution in [1.29, 1.82) is 0 Å². The number of esters is 1. The van der Waals surface area contributed by atoms with Gasteiger partial charge < -0.3 is 24.2 Å². The maximum Gasteiger partial charge on any atom is 0.343 e. The summed E-state index contributed by atoms with van der Waals surface area (Å²) in [6, 6.07) is 25.1. The van der Waals surface area contributed by atoms with Crippen molar-refractivity contribution in [2.24, 2.45) is 0 Å². The minimum Gasteiger partial charge on any atom is -0.458 e. The maximum absolute atomic E-state index is 14.1. The first-order valence-electron chi connectivity index (χ1n) is 18.6. The quantitative estimate of drug-likeness (QED) is 0.134. The fraction of sp³-hybridized carbons (Fsp3) is 0.372. The Morgan fingerprint density at radius 1 is 1.06 bits per heavy atom. The first-order chi connectivity index (χ1) is 25.3. The summed E-state index contributed by atoms with van der Waals surface area (Å²) in [5, 5.41) is 19.5. The largest absolute Gasteiger partial charge is 0.458 e. The molecule has 5 aromatic rings. The van der Waals surface area contributed by atoms with Gasteiger partial charge in [-0.2, -0.15) is 0 Å². The number of fused-ring (bicyclic) bond motifs is 5. The third kappa shape index (κ3) is 5.46. The number of cyclic esters (lactones) is 1. The standard InChI is InChI=1S/C43H46ClN3O5Si/c1-7-43(50)32-20-36-39-30(23-47(36)40(48)31(32)24-51-41(43)49)38-34(19-18-29-26(3)33(44)21-35(46-39)37(29)38)45-22-25(2)52-53(42(4,5)6,27-14-10-8-11-15-27)28-16-12-9-13-17-28/h8-17,20-21,25,34,45,50H,7,18-19,22-24H2,1-6H3/t25-,34-,43-/m0/s1. The highest BCUT2D eigenvalue weighted by molar-refractivity contribution is 6.99. The van der Waals surface area contributed by atoms with E-state index >= 15 is 0 Å². The van der Waals surface area contributed by atoms with Gasteiger partial charge in [-0.1, -0.05) is 100.0 Å². The predicted molar refractivity (Wildman–Crippen MR) is 212 cm³/mol. The van der Waals surface area contributed by atoms with E-state index in [1.54, 1.807) is 17.6 Å². The summed E-state index contributed by atoms with van der Waals surface area (Å²) in [4.78, 5) is 32.1. The average Bonchev–Trinajstić information content (AvgIpc) is 3.52. The van der Waals surface area contributed by atoms with Crippen LogP contribution in [0.25, 0.3) is 22.3 Å². The van der Waals surface area contributed by atoms with Crippen LogP contribution < -0.4 is 21.2 Å². The molecule has 3 atom stereocenters. The lowest BCUT2D eigenvalue weighted by atomic mass is 9.81. The van der Waals surface area contributed by atoms with Gasteiger partial charge in [-0.15, -0.1) is 0 Å². The molecule has 8 rings (SSSR count). The summed E-state index contributed by atoms with van der Waals surface area (Å²) >= 11 is 6.82. The van der Waals surface area contributed by atoms with Crippen LogP contribution in [0.1, 0.15) is 86.9 Å². The highest BCUT2D eigenvalue weighted by Crippen LogP contribution is 2.47. The topological polar surface area (TPSA) is 103 Å². The number of carbonyl (C=O) groups excluding carboxylic acids is 1. The van der Waals surface area contributed by atoms with Crippen molar-refractivity contribution in [2.75, 3.05) is 6.54 Å². The molecule has 0 fully saturated rings. The second kappa shape index (κ2) is 13.0. The minimum atomic E-state index is -2.78. The van der Waals surface area contributed by atoms with Crippen molar-refractivity contribution in [1.82, 2.24) is 14.9 Å². The average molecular weight is 748 g/mol. The van der Waals surface area contributed by atoms with Crippen molar-refractivity contribution >= 4 is 47.2 Å². The number of ether oxygens (including phenoxy) is 1. The number of aryl methyl sites for hydroxylation is 1. The molecule has 0 radical (unpaired) electrons. The van der Waals surface area contributed by atoms with Gasteiger partial charge in [0.1, 0.15) is 6.61 Å². The van der Waals surface area contributed by atoms with Gasteiger partial charge in [-0.25, -0.2) is 9.78 Å². The van der Waals surface area contributed by atoms with Gasteiger partial charge in [0, 0.05) is 34.1 Å². The number of hydrogen-bond acceptors (Lipinski definition) is 7. The van der Waals surface area contributed by atoms with E-state index in [1.807, 2.05) is 6.07 Å². The van der Waals surface area contributed by atoms with Crippen molar-refractivity contribution < 1.29 is 19.1 Å². The zero-order chi connectivity index (χ0) is 37.4. The van der Waals surface area contributed by atoms with Crippen LogP contribution in [0.5, 0.6) is 0 Å². The highest BCUT2D eigenvalue weighted by atomic mass is 35.5. The van der Waals surface area contributed by atoms with Gasteiger partial charge in [0.2, 0.25) is 0 Å². The monoisotopic (exact) mass is 747 g/mol. The number of hydrogen-bond donors (Lipinski definition) is 2. The van der Waals surface area contributed by atoms with E-state index in [9.17, 15) is 14.7 Å². The lowest BCUT2D eigenvalue weighted by molar-refractivity contribution is -0.172. The van der Waals surface area contributed by atoms with Crippen molar-refractivity contribution in [2.45, 2.75) is 96.7 Å². The van der Waals surface area contributed by atoms with E-state index in [1.165, 1.54) is 15.9 Å². The number of aliphatic hydroxyl groups is 1. The molecular weight excluding hydrogens is 702 g/mol. The summed E-state index contributed by atoms with van der Waals surface area (Å²) in [6.45, 7) is 13.6. The van der Waals surface area contributed by atoms with E-state index in [-0.39, 0.29) is 35.8 Å². The molecule has 274 valence electrons. The van der Waals surface area contributed by atoms with Crippen molar-refractivity contribution in [3.8, 4) is 11.4 Å². The van der Waals surface area contributed by atoms with Crippen LogP contribution in [0.15, 0.2) is 77.6 Å². The number of nitrogens with zero attached hydrogens (tertiary/aromatic N) is 2. The molecule has 0 saturated carbocycles. The molecule has 1 aliphatic carbocycles. The zero-order valence-electron chi connectivity index (χ0n) is 31.2. The smallest absolute Gasteiger partial charge is 0.343 e. The molecule has 3 aromatic carbocycles. The van der Waals surface area contributed by atoms with E-state index < -0.39 is 19.9 Å². The van der Waals surface area contributed by atoms with Gasteiger partial charge >= 0.3 is 5.97 Å². The molecule has 0 spiro atoms. The SMILES string of the molecule is CC[C@@]1(O)C(=O)OCc2c1cc1n(c2=O)Cc2c-1nc1cc(Cl)c(C)c3c1c2[C@@H](NC[C@H](C)O[Si](c1ccccc1)(c1ccccc1)C(C)(C)C)CC3. The van der Waals surface area contributed by atoms with E-state index in [0.29, 0.717) is 40.6 Å². The Labute approximate surface area is 316 Å². The molecule has 10 heteroatoms. The number of benzene rings is 3. The predicted octanol–water partition coefficient (Wildman–Crippen LogP) is 6.58. The van der Waals surface area contributed by atoms with Gasteiger partial charge in [0.25, 0.3) is 13.9 Å². The molecule has 0 saturated heterocycles. The molecule has 0 bridgehead atoms. The molecule has 53 heavy (non-hydrogen) atoms. The maximum atomic E-state index is 14.1. The fourth-order valence-corrected chi connectivity index (χ4v) is 14.0. The Balaban J connectivity index is 1.21. The molecule has 2 N–H and O–H groups in total. The Morgan fingerprint density at radius 3 is 2.34 bits per heavy atom. The number of halogens is 1. The highest BCUT2D eigenvalue weighted by Gasteiger charge is 2.51. The summed E-state index contributed by atoms with van der Waals surface area (Å²) in [6.07, 6.45) is 1.63. The zero-order valence-corrected chi connectivity index (χ0v) is 32.9. The molecule has 8 nitrogen and oxygen atoms in total. The van der Waals surface area contributed by atoms with Crippen LogP contribution in [0.3, 0.4) is 0 Å². The van der Waals surface area contributed by atoms with Crippen LogP contribution in [-0.4, -0.2) is 41.6 Å². The lowest BCUT2D eigenvalue weighted by Gasteiger charge is -2.45. The van der Waals surface area contributed by atoms with Gasteiger partial charge in [0.15, 0.2) is 5.60 Å². The summed E-state index contributed by atoms with van der Waals surface area (Å²) < 4.78 is 14.5. The second-order valence-electron chi connectivity index (χ2n) is 15.9. The summed E-state index contributed by atoms with van der Waals surface area (Å²) in [7, 11) is -2.78. The number of carbonyl (C=O) groups is 1. The van der Waals surface area contributed by atoms with Crippen LogP contribution in [0.2, 0.25) is 10.1 Å². The Bertz CT molecular complexity index is 2300. The molecule has 4 heterocycles. The molecule has 2 aromatic heterocycles. The summed E-state index contributed by atoms with van der Waals surface area (Å²) in [5.41, 5.74) is 4.85. The third-order valence-corrected chi connectivity index (χ3v) is 17.4. The Hall–Kier alpha value is -4.12. The van der Waals surface area contributed by atoms with E-state index in [2.05, 4.69) is 101 Å². The lowest BCUT2D eigenvalue weighted by Crippen LogP contribution is -2.68. The molecule has 3 aliphatic rings. The van der Waals surface area contributed by atoms with Gasteiger partial charge in [0.05, 0.1) is 35.1 Å². The molecule has 0 unspecified atom stereocenters. The number of rotatable bonds is 8. The van der Waals surface area contributed by atoms with Gasteiger partial charge in [-0.3, -0.25) is 4.79 Å². The number of aromatic nitrogens is 2. The van der Waals surface area contributed by atoms with Gasteiger partial charge in [-0.05, 0) is 77.3 Å². The van der Waals surface area contributed by atoms with E-state index in [0.717, 1.165) is 40.4 Å². The minimum absolute atomic E-state index is 0.0374. The van der Waals surface area contributed by atoms with Crippen LogP contribution >= 0.6 is 11.6 Å².